The van der Waals surface area contributed by atoms with Gasteiger partial charge in [-0.3, -0.25) is 4.79 Å². The Morgan fingerprint density at radius 1 is 1.03 bits per heavy atom. The van der Waals surface area contributed by atoms with Crippen LogP contribution in [0.25, 0.3) is 5.69 Å². The second kappa shape index (κ2) is 9.03. The van der Waals surface area contributed by atoms with E-state index in [1.807, 2.05) is 39.8 Å². The van der Waals surface area contributed by atoms with Crippen molar-refractivity contribution in [2.24, 2.45) is 0 Å². The third-order valence-electron chi connectivity index (χ3n) is 4.92. The Labute approximate surface area is 183 Å². The summed E-state index contributed by atoms with van der Waals surface area (Å²) < 4.78 is 29.1. The molecule has 1 amide bonds. The van der Waals surface area contributed by atoms with Gasteiger partial charge in [0.05, 0.1) is 16.3 Å². The van der Waals surface area contributed by atoms with E-state index in [-0.39, 0.29) is 16.8 Å². The second-order valence-corrected chi connectivity index (χ2v) is 9.55. The van der Waals surface area contributed by atoms with Gasteiger partial charge in [0.1, 0.15) is 5.82 Å². The number of benzene rings is 2. The fourth-order valence-corrected chi connectivity index (χ4v) is 4.58. The predicted octanol–water partition coefficient (Wildman–Crippen LogP) is 4.13. The number of nitrogens with zero attached hydrogens (tertiary/aromatic N) is 2. The van der Waals surface area contributed by atoms with E-state index in [9.17, 15) is 13.2 Å². The van der Waals surface area contributed by atoms with Gasteiger partial charge in [0.25, 0.3) is 5.91 Å². The van der Waals surface area contributed by atoms with E-state index in [0.717, 1.165) is 22.5 Å². The highest BCUT2D eigenvalue weighted by Crippen LogP contribution is 2.21. The molecule has 0 aliphatic heterocycles. The average molecular weight is 441 g/mol. The van der Waals surface area contributed by atoms with Gasteiger partial charge in [-0.05, 0) is 81.6 Å². The molecule has 0 aliphatic carbocycles. The smallest absolute Gasteiger partial charge is 0.256 e. The van der Waals surface area contributed by atoms with E-state index < -0.39 is 10.0 Å². The van der Waals surface area contributed by atoms with Crippen LogP contribution in [-0.4, -0.2) is 30.1 Å². The van der Waals surface area contributed by atoms with Gasteiger partial charge in [-0.1, -0.05) is 13.0 Å². The minimum atomic E-state index is -3.62. The van der Waals surface area contributed by atoms with E-state index >= 15 is 0 Å². The molecule has 1 aromatic heterocycles. The van der Waals surface area contributed by atoms with Crippen molar-refractivity contribution in [3.63, 3.8) is 0 Å². The topological polar surface area (TPSA) is 93.1 Å². The highest BCUT2D eigenvalue weighted by atomic mass is 32.2. The van der Waals surface area contributed by atoms with Crippen molar-refractivity contribution in [1.29, 1.82) is 0 Å². The molecule has 0 fully saturated rings. The van der Waals surface area contributed by atoms with E-state index in [0.29, 0.717) is 17.8 Å². The van der Waals surface area contributed by atoms with Crippen LogP contribution < -0.4 is 10.0 Å². The highest BCUT2D eigenvalue weighted by Gasteiger charge is 2.18. The minimum Gasteiger partial charge on any atom is -0.306 e. The molecule has 2 aromatic carbocycles. The van der Waals surface area contributed by atoms with Gasteiger partial charge in [0.2, 0.25) is 10.0 Å². The summed E-state index contributed by atoms with van der Waals surface area (Å²) in [6, 6.07) is 13.6. The molecular formula is C23H28N4O3S. The molecule has 0 saturated heterocycles. The Kier molecular flexibility index (Phi) is 6.62. The normalized spacial score (nSPS) is 12.5. The van der Waals surface area contributed by atoms with Crippen LogP contribution in [-0.2, 0) is 10.0 Å². The highest BCUT2D eigenvalue weighted by molar-refractivity contribution is 7.89. The molecule has 3 rings (SSSR count). The maximum Gasteiger partial charge on any atom is 0.256 e. The van der Waals surface area contributed by atoms with Crippen LogP contribution in [0.2, 0.25) is 0 Å². The number of carbonyl (C=O) groups excluding carboxylic acids is 1. The van der Waals surface area contributed by atoms with Crippen molar-refractivity contribution in [1.82, 2.24) is 14.5 Å². The summed E-state index contributed by atoms with van der Waals surface area (Å²) in [6.07, 6.45) is 0.688. The Bertz CT molecular complexity index is 1180. The van der Waals surface area contributed by atoms with Crippen LogP contribution in [0.5, 0.6) is 0 Å². The lowest BCUT2D eigenvalue weighted by Crippen LogP contribution is -2.32. The third kappa shape index (κ3) is 5.39. The summed E-state index contributed by atoms with van der Waals surface area (Å²) in [6.45, 7) is 9.59. The minimum absolute atomic E-state index is 0.125. The first-order chi connectivity index (χ1) is 14.6. The molecule has 3 aromatic rings. The molecule has 0 aliphatic rings. The average Bonchev–Trinajstić information content (AvgIpc) is 3.07. The van der Waals surface area contributed by atoms with Crippen molar-refractivity contribution in [2.75, 3.05) is 5.32 Å². The molecule has 31 heavy (non-hydrogen) atoms. The lowest BCUT2D eigenvalue weighted by Gasteiger charge is -2.13. The summed E-state index contributed by atoms with van der Waals surface area (Å²) in [7, 11) is -3.62. The van der Waals surface area contributed by atoms with Crippen LogP contribution in [0.4, 0.5) is 5.82 Å². The maximum absolute atomic E-state index is 12.8. The summed E-state index contributed by atoms with van der Waals surface area (Å²) >= 11 is 0. The van der Waals surface area contributed by atoms with Gasteiger partial charge in [-0.15, -0.1) is 0 Å². The quantitative estimate of drug-likeness (QED) is 0.578. The Morgan fingerprint density at radius 2 is 1.65 bits per heavy atom. The van der Waals surface area contributed by atoms with Gasteiger partial charge in [0.15, 0.2) is 0 Å². The zero-order valence-corrected chi connectivity index (χ0v) is 19.2. The van der Waals surface area contributed by atoms with E-state index in [1.165, 1.54) is 24.3 Å². The number of nitrogens with one attached hydrogen (secondary N) is 2. The Hall–Kier alpha value is -2.97. The van der Waals surface area contributed by atoms with Gasteiger partial charge >= 0.3 is 0 Å². The van der Waals surface area contributed by atoms with E-state index in [4.69, 9.17) is 0 Å². The summed E-state index contributed by atoms with van der Waals surface area (Å²) in [5, 5.41) is 7.39. The number of aromatic nitrogens is 2. The number of anilines is 1. The zero-order valence-electron chi connectivity index (χ0n) is 18.4. The molecule has 164 valence electrons. The van der Waals surface area contributed by atoms with Gasteiger partial charge in [0, 0.05) is 17.7 Å². The van der Waals surface area contributed by atoms with Crippen LogP contribution in [0.3, 0.4) is 0 Å². The van der Waals surface area contributed by atoms with Crippen molar-refractivity contribution >= 4 is 21.7 Å². The summed E-state index contributed by atoms with van der Waals surface area (Å²) in [5.74, 6) is 0.201. The molecule has 7 nitrogen and oxygen atoms in total. The van der Waals surface area contributed by atoms with Crippen LogP contribution in [0, 0.1) is 20.8 Å². The molecule has 0 saturated carbocycles. The fourth-order valence-electron chi connectivity index (χ4n) is 3.25. The first kappa shape index (κ1) is 22.7. The molecule has 0 radical (unpaired) electrons. The van der Waals surface area contributed by atoms with Gasteiger partial charge in [-0.2, -0.15) is 5.10 Å². The zero-order chi connectivity index (χ0) is 22.8. The number of rotatable bonds is 7. The SMILES string of the molecule is CCC(C)NS(=O)(=O)c1ccc(C(=O)Nc2cc(C)nn2-c2cc(C)cc(C)c2)cc1. The largest absolute Gasteiger partial charge is 0.306 e. The summed E-state index contributed by atoms with van der Waals surface area (Å²) in [4.78, 5) is 12.9. The standard InChI is InChI=1S/C23H28N4O3S/c1-6-17(4)26-31(29,30)21-9-7-19(8-10-21)23(28)24-22-14-18(5)25-27(22)20-12-15(2)11-16(3)13-20/h7-14,17,26H,6H2,1-5H3,(H,24,28). The molecular weight excluding hydrogens is 412 g/mol. The predicted molar refractivity (Wildman–Crippen MR) is 122 cm³/mol. The van der Waals surface area contributed by atoms with Crippen LogP contribution in [0.15, 0.2) is 53.4 Å². The molecule has 2 N–H and O–H groups in total. The van der Waals surface area contributed by atoms with Crippen molar-refractivity contribution in [2.45, 2.75) is 52.0 Å². The molecule has 0 spiro atoms. The maximum atomic E-state index is 12.8. The Balaban J connectivity index is 1.83. The number of carbonyl (C=O) groups is 1. The second-order valence-electron chi connectivity index (χ2n) is 7.84. The molecule has 1 unspecified atom stereocenters. The molecule has 1 atom stereocenters. The van der Waals surface area contributed by atoms with Crippen LogP contribution in [0.1, 0.15) is 47.4 Å². The molecule has 0 bridgehead atoms. The van der Waals surface area contributed by atoms with Crippen molar-refractivity contribution in [3.05, 3.63) is 70.9 Å². The van der Waals surface area contributed by atoms with E-state index in [2.05, 4.69) is 21.2 Å². The lowest BCUT2D eigenvalue weighted by atomic mass is 10.1. The van der Waals surface area contributed by atoms with Crippen LogP contribution >= 0.6 is 0 Å². The lowest BCUT2D eigenvalue weighted by molar-refractivity contribution is 0.102. The Morgan fingerprint density at radius 3 is 2.23 bits per heavy atom. The number of aryl methyl sites for hydroxylation is 3. The first-order valence-electron chi connectivity index (χ1n) is 10.2. The van der Waals surface area contributed by atoms with Crippen molar-refractivity contribution in [3.8, 4) is 5.69 Å². The fraction of sp³-hybridized carbons (Fsp3) is 0.304. The summed E-state index contributed by atoms with van der Waals surface area (Å²) in [5.41, 5.74) is 4.19. The van der Waals surface area contributed by atoms with Gasteiger partial charge in [-0.25, -0.2) is 17.8 Å². The third-order valence-corrected chi connectivity index (χ3v) is 6.53. The first-order valence-corrected chi connectivity index (χ1v) is 11.7. The monoisotopic (exact) mass is 440 g/mol. The molecule has 1 heterocycles. The number of sulfonamides is 1. The van der Waals surface area contributed by atoms with Gasteiger partial charge < -0.3 is 5.32 Å². The number of hydrogen-bond acceptors (Lipinski definition) is 4. The van der Waals surface area contributed by atoms with E-state index in [1.54, 1.807) is 17.7 Å². The number of amides is 1. The van der Waals surface area contributed by atoms with Crippen molar-refractivity contribution < 1.29 is 13.2 Å². The molecule has 8 heteroatoms. The number of hydrogen-bond donors (Lipinski definition) is 2.